The summed E-state index contributed by atoms with van der Waals surface area (Å²) in [5.74, 6) is -0.0920. The van der Waals surface area contributed by atoms with Crippen molar-refractivity contribution in [2.45, 2.75) is 0 Å². The van der Waals surface area contributed by atoms with E-state index in [1.54, 1.807) is 19.0 Å². The summed E-state index contributed by atoms with van der Waals surface area (Å²) in [6, 6.07) is 3.82. The van der Waals surface area contributed by atoms with Gasteiger partial charge in [-0.05, 0) is 12.1 Å². The lowest BCUT2D eigenvalue weighted by atomic mass is 10.2. The third-order valence-electron chi connectivity index (χ3n) is 1.79. The molecule has 0 aliphatic rings. The van der Waals surface area contributed by atoms with Crippen molar-refractivity contribution in [3.63, 3.8) is 0 Å². The lowest BCUT2D eigenvalue weighted by Crippen LogP contribution is -2.11. The zero-order valence-corrected chi connectivity index (χ0v) is 9.39. The fourth-order valence-corrected chi connectivity index (χ4v) is 1.42. The van der Waals surface area contributed by atoms with Crippen LogP contribution in [0.1, 0.15) is 0 Å². The zero-order chi connectivity index (χ0) is 12.3. The van der Waals surface area contributed by atoms with Gasteiger partial charge in [-0.15, -0.1) is 0 Å². The van der Waals surface area contributed by atoms with Gasteiger partial charge < -0.3 is 13.6 Å². The van der Waals surface area contributed by atoms with Crippen LogP contribution in [0.3, 0.4) is 0 Å². The van der Waals surface area contributed by atoms with E-state index in [4.69, 9.17) is 0 Å². The summed E-state index contributed by atoms with van der Waals surface area (Å²) in [5, 5.41) is 10.7. The van der Waals surface area contributed by atoms with Crippen LogP contribution in [0.15, 0.2) is 18.2 Å². The summed E-state index contributed by atoms with van der Waals surface area (Å²) in [6.45, 7) is 0. The minimum Gasteiger partial charge on any atom is -0.740 e. The molecule has 1 atom stereocenters. The van der Waals surface area contributed by atoms with Crippen molar-refractivity contribution in [3.05, 3.63) is 28.3 Å². The van der Waals surface area contributed by atoms with Gasteiger partial charge in [0.15, 0.2) is 0 Å². The van der Waals surface area contributed by atoms with Crippen LogP contribution in [-0.2, 0) is 11.4 Å². The van der Waals surface area contributed by atoms with E-state index in [1.165, 1.54) is 12.1 Å². The lowest BCUT2D eigenvalue weighted by molar-refractivity contribution is -0.384. The maximum absolute atomic E-state index is 10.7. The molecule has 0 aliphatic heterocycles. The van der Waals surface area contributed by atoms with Gasteiger partial charge in [-0.1, -0.05) is 0 Å². The van der Waals surface area contributed by atoms with E-state index in [1.807, 2.05) is 0 Å². The lowest BCUT2D eigenvalue weighted by Gasteiger charge is -2.13. The molecule has 1 rings (SSSR count). The molecule has 1 aromatic carbocycles. The highest BCUT2D eigenvalue weighted by Crippen LogP contribution is 2.30. The molecule has 1 aromatic rings. The summed E-state index contributed by atoms with van der Waals surface area (Å²) >= 11 is -2.74. The second-order valence-electron chi connectivity index (χ2n) is 3.09. The summed E-state index contributed by atoms with van der Waals surface area (Å²) in [6.07, 6.45) is 0. The Morgan fingerprint density at radius 1 is 1.44 bits per heavy atom. The van der Waals surface area contributed by atoms with E-state index >= 15 is 0 Å². The molecular weight excluding hydrogens is 236 g/mol. The number of nitrogens with zero attached hydrogens (tertiary/aromatic N) is 2. The second-order valence-corrected chi connectivity index (χ2v) is 3.66. The van der Waals surface area contributed by atoms with Crippen LogP contribution in [0.25, 0.3) is 0 Å². The first kappa shape index (κ1) is 12.4. The average Bonchev–Trinajstić information content (AvgIpc) is 2.16. The number of anilines is 1. The first-order chi connectivity index (χ1) is 7.41. The van der Waals surface area contributed by atoms with E-state index < -0.39 is 16.3 Å². The van der Waals surface area contributed by atoms with Crippen molar-refractivity contribution < 1.29 is 17.9 Å². The fourth-order valence-electron chi connectivity index (χ4n) is 1.16. The summed E-state index contributed by atoms with van der Waals surface area (Å²) in [5.41, 5.74) is 0.155. The number of hydrogen-bond acceptors (Lipinski definition) is 6. The van der Waals surface area contributed by atoms with Crippen molar-refractivity contribution in [1.82, 2.24) is 0 Å². The van der Waals surface area contributed by atoms with Crippen LogP contribution in [-0.4, -0.2) is 27.8 Å². The van der Waals surface area contributed by atoms with Gasteiger partial charge in [0.2, 0.25) is 0 Å². The number of hydrogen-bond donors (Lipinski definition) is 0. The van der Waals surface area contributed by atoms with Gasteiger partial charge in [-0.2, -0.15) is 0 Å². The van der Waals surface area contributed by atoms with Gasteiger partial charge in [-0.25, -0.2) is 4.21 Å². The molecular formula is C8H9N2O5S-. The van der Waals surface area contributed by atoms with Crippen LogP contribution >= 0.6 is 0 Å². The Labute approximate surface area is 94.3 Å². The average molecular weight is 245 g/mol. The van der Waals surface area contributed by atoms with Crippen LogP contribution in [0.4, 0.5) is 11.4 Å². The van der Waals surface area contributed by atoms with Crippen molar-refractivity contribution in [2.75, 3.05) is 19.0 Å². The van der Waals surface area contributed by atoms with Gasteiger partial charge >= 0.3 is 0 Å². The predicted octanol–water partition coefficient (Wildman–Crippen LogP) is 0.834. The maximum Gasteiger partial charge on any atom is 0.296 e. The minimum atomic E-state index is -2.74. The van der Waals surface area contributed by atoms with Crippen LogP contribution in [0.5, 0.6) is 5.75 Å². The summed E-state index contributed by atoms with van der Waals surface area (Å²) in [4.78, 5) is 11.7. The molecule has 0 amide bonds. The van der Waals surface area contributed by atoms with Crippen LogP contribution in [0, 0.1) is 10.1 Å². The normalized spacial score (nSPS) is 11.9. The van der Waals surface area contributed by atoms with E-state index in [0.717, 1.165) is 6.07 Å². The molecule has 8 heteroatoms. The van der Waals surface area contributed by atoms with Gasteiger partial charge in [0.25, 0.3) is 5.69 Å². The highest BCUT2D eigenvalue weighted by molar-refractivity contribution is 7.74. The Morgan fingerprint density at radius 2 is 2.06 bits per heavy atom. The quantitative estimate of drug-likeness (QED) is 0.443. The molecule has 0 saturated carbocycles. The fraction of sp³-hybridized carbons (Fsp3) is 0.250. The Morgan fingerprint density at radius 3 is 2.50 bits per heavy atom. The Balaban J connectivity index is 3.17. The monoisotopic (exact) mass is 245 g/mol. The molecule has 1 unspecified atom stereocenters. The Kier molecular flexibility index (Phi) is 3.80. The first-order valence-electron chi connectivity index (χ1n) is 4.15. The summed E-state index contributed by atoms with van der Waals surface area (Å²) < 4.78 is 24.9. The van der Waals surface area contributed by atoms with Crippen molar-refractivity contribution in [3.8, 4) is 5.75 Å². The first-order valence-corrected chi connectivity index (χ1v) is 5.15. The molecule has 0 N–H and O–H groups in total. The number of nitro benzene ring substituents is 1. The predicted molar refractivity (Wildman–Crippen MR) is 57.0 cm³/mol. The van der Waals surface area contributed by atoms with E-state index in [-0.39, 0.29) is 11.4 Å². The third kappa shape index (κ3) is 2.91. The van der Waals surface area contributed by atoms with E-state index in [0.29, 0.717) is 5.69 Å². The number of rotatable bonds is 4. The molecule has 0 aliphatic carbocycles. The van der Waals surface area contributed by atoms with Crippen molar-refractivity contribution in [2.24, 2.45) is 0 Å². The standard InChI is InChI=1S/C8H10N2O5S/c1-9(2)7-4-3-6(15-16(13)14)5-8(7)10(11)12/h3-5H,1-2H3,(H,13,14)/p-1. The van der Waals surface area contributed by atoms with Crippen LogP contribution in [0.2, 0.25) is 0 Å². The smallest absolute Gasteiger partial charge is 0.296 e. The van der Waals surface area contributed by atoms with E-state index in [2.05, 4.69) is 4.18 Å². The highest BCUT2D eigenvalue weighted by Gasteiger charge is 2.16. The highest BCUT2D eigenvalue weighted by atomic mass is 32.2. The third-order valence-corrected chi connectivity index (χ3v) is 2.12. The molecule has 0 aromatic heterocycles. The topological polar surface area (TPSA) is 95.7 Å². The maximum atomic E-state index is 10.7. The minimum absolute atomic E-state index is 0.0920. The van der Waals surface area contributed by atoms with Crippen LogP contribution < -0.4 is 9.08 Å². The Bertz CT molecular complexity index is 434. The van der Waals surface area contributed by atoms with Gasteiger partial charge in [0.1, 0.15) is 22.8 Å². The largest absolute Gasteiger partial charge is 0.740 e. The molecule has 0 fully saturated rings. The number of nitro groups is 1. The van der Waals surface area contributed by atoms with Gasteiger partial charge in [0, 0.05) is 14.1 Å². The molecule has 88 valence electrons. The molecule has 0 spiro atoms. The van der Waals surface area contributed by atoms with Crippen molar-refractivity contribution in [1.29, 1.82) is 0 Å². The number of benzene rings is 1. The SMILES string of the molecule is CN(C)c1ccc(OS(=O)[O-])cc1[N+](=O)[O-]. The van der Waals surface area contributed by atoms with Crippen molar-refractivity contribution >= 4 is 22.7 Å². The molecule has 16 heavy (non-hydrogen) atoms. The summed E-state index contributed by atoms with van der Waals surface area (Å²) in [7, 11) is 3.29. The Hall–Kier alpha value is -1.67. The zero-order valence-electron chi connectivity index (χ0n) is 8.58. The second kappa shape index (κ2) is 4.90. The molecule has 0 heterocycles. The molecule has 0 radical (unpaired) electrons. The molecule has 0 bridgehead atoms. The molecule has 0 saturated heterocycles. The van der Waals surface area contributed by atoms with Gasteiger partial charge in [-0.3, -0.25) is 10.1 Å². The van der Waals surface area contributed by atoms with E-state index in [9.17, 15) is 18.9 Å². The molecule has 7 nitrogen and oxygen atoms in total. The van der Waals surface area contributed by atoms with Gasteiger partial charge in [0.05, 0.1) is 11.0 Å².